The zero-order chi connectivity index (χ0) is 14.6. The fourth-order valence-electron chi connectivity index (χ4n) is 3.33. The minimum absolute atomic E-state index is 0.0595. The predicted octanol–water partition coefficient (Wildman–Crippen LogP) is 0.875. The van der Waals surface area contributed by atoms with E-state index in [2.05, 4.69) is 10.2 Å². The molecule has 0 aromatic heterocycles. The molecule has 20 heavy (non-hydrogen) atoms. The van der Waals surface area contributed by atoms with E-state index in [9.17, 15) is 4.79 Å². The Balaban J connectivity index is 2.01. The number of morpholine rings is 1. The van der Waals surface area contributed by atoms with E-state index in [0.29, 0.717) is 6.54 Å². The lowest BCUT2D eigenvalue weighted by Gasteiger charge is -2.48. The highest BCUT2D eigenvalue weighted by molar-refractivity contribution is 5.85. The van der Waals surface area contributed by atoms with Gasteiger partial charge in [-0.15, -0.1) is 0 Å². The molecule has 1 aliphatic heterocycles. The first kappa shape index (κ1) is 15.7. The number of hydrogen-bond acceptors (Lipinski definition) is 4. The van der Waals surface area contributed by atoms with Gasteiger partial charge in [0.25, 0.3) is 0 Å². The second-order valence-electron chi connectivity index (χ2n) is 6.79. The van der Waals surface area contributed by atoms with Crippen LogP contribution in [0.2, 0.25) is 0 Å². The number of hydrogen-bond donors (Lipinski definition) is 2. The van der Waals surface area contributed by atoms with Gasteiger partial charge in [0.2, 0.25) is 5.91 Å². The SMILES string of the molecule is CC(C)(N)C(=O)NCC1(N2CCOCC2)CCCCC1. The first-order chi connectivity index (χ1) is 9.44. The summed E-state index contributed by atoms with van der Waals surface area (Å²) >= 11 is 0. The van der Waals surface area contributed by atoms with Gasteiger partial charge in [0.1, 0.15) is 0 Å². The van der Waals surface area contributed by atoms with Gasteiger partial charge in [-0.05, 0) is 26.7 Å². The number of rotatable bonds is 4. The number of amides is 1. The molecule has 0 atom stereocenters. The minimum Gasteiger partial charge on any atom is -0.379 e. The topological polar surface area (TPSA) is 67.6 Å². The highest BCUT2D eigenvalue weighted by Gasteiger charge is 2.39. The Morgan fingerprint density at radius 3 is 2.40 bits per heavy atom. The number of nitrogens with two attached hydrogens (primary N) is 1. The van der Waals surface area contributed by atoms with Gasteiger partial charge in [-0.1, -0.05) is 19.3 Å². The fraction of sp³-hybridized carbons (Fsp3) is 0.933. The van der Waals surface area contributed by atoms with Gasteiger partial charge in [0.05, 0.1) is 18.8 Å². The molecule has 2 fully saturated rings. The standard InChI is InChI=1S/C15H29N3O2/c1-14(2,16)13(19)17-12-15(6-4-3-5-7-15)18-8-10-20-11-9-18/h3-12,16H2,1-2H3,(H,17,19). The second-order valence-corrected chi connectivity index (χ2v) is 6.79. The van der Waals surface area contributed by atoms with Crippen LogP contribution in [0, 0.1) is 0 Å². The number of carbonyl (C=O) groups is 1. The second kappa shape index (κ2) is 6.41. The van der Waals surface area contributed by atoms with Crippen LogP contribution < -0.4 is 11.1 Å². The lowest BCUT2D eigenvalue weighted by atomic mass is 9.79. The monoisotopic (exact) mass is 283 g/mol. The van der Waals surface area contributed by atoms with E-state index < -0.39 is 5.54 Å². The van der Waals surface area contributed by atoms with E-state index >= 15 is 0 Å². The normalized spacial score (nSPS) is 24.4. The number of nitrogens with one attached hydrogen (secondary N) is 1. The quantitative estimate of drug-likeness (QED) is 0.803. The molecule has 1 heterocycles. The van der Waals surface area contributed by atoms with Crippen LogP contribution >= 0.6 is 0 Å². The van der Waals surface area contributed by atoms with E-state index in [1.54, 1.807) is 13.8 Å². The van der Waals surface area contributed by atoms with Gasteiger partial charge in [0.15, 0.2) is 0 Å². The molecule has 0 unspecified atom stereocenters. The number of ether oxygens (including phenoxy) is 1. The van der Waals surface area contributed by atoms with E-state index in [1.165, 1.54) is 19.3 Å². The molecule has 1 saturated heterocycles. The summed E-state index contributed by atoms with van der Waals surface area (Å²) in [7, 11) is 0. The molecule has 0 radical (unpaired) electrons. The highest BCUT2D eigenvalue weighted by Crippen LogP contribution is 2.33. The fourth-order valence-corrected chi connectivity index (χ4v) is 3.33. The first-order valence-corrected chi connectivity index (χ1v) is 7.84. The van der Waals surface area contributed by atoms with Crippen LogP contribution in [0.3, 0.4) is 0 Å². The Kier molecular flexibility index (Phi) is 5.04. The van der Waals surface area contributed by atoms with Crippen molar-refractivity contribution in [1.29, 1.82) is 0 Å². The van der Waals surface area contributed by atoms with Gasteiger partial charge in [-0.25, -0.2) is 0 Å². The molecule has 2 aliphatic rings. The zero-order valence-electron chi connectivity index (χ0n) is 12.9. The van der Waals surface area contributed by atoms with Crippen molar-refractivity contribution in [2.24, 2.45) is 5.73 Å². The Labute approximate surface area is 122 Å². The summed E-state index contributed by atoms with van der Waals surface area (Å²) in [5.74, 6) is -0.0595. The van der Waals surface area contributed by atoms with E-state index in [0.717, 1.165) is 39.1 Å². The van der Waals surface area contributed by atoms with Crippen molar-refractivity contribution in [2.45, 2.75) is 57.0 Å². The summed E-state index contributed by atoms with van der Waals surface area (Å²) in [6, 6.07) is 0. The average molecular weight is 283 g/mol. The van der Waals surface area contributed by atoms with Crippen LogP contribution in [0.4, 0.5) is 0 Å². The van der Waals surface area contributed by atoms with E-state index in [4.69, 9.17) is 10.5 Å². The maximum absolute atomic E-state index is 12.1. The highest BCUT2D eigenvalue weighted by atomic mass is 16.5. The van der Waals surface area contributed by atoms with Crippen LogP contribution in [-0.2, 0) is 9.53 Å². The largest absolute Gasteiger partial charge is 0.379 e. The lowest BCUT2D eigenvalue weighted by molar-refractivity contribution is -0.126. The Bertz CT molecular complexity index is 327. The van der Waals surface area contributed by atoms with Crippen molar-refractivity contribution in [3.63, 3.8) is 0 Å². The van der Waals surface area contributed by atoms with Crippen LogP contribution in [0.25, 0.3) is 0 Å². The van der Waals surface area contributed by atoms with Crippen LogP contribution in [-0.4, -0.2) is 54.7 Å². The average Bonchev–Trinajstić information content (AvgIpc) is 2.45. The molecule has 1 saturated carbocycles. The Morgan fingerprint density at radius 2 is 1.85 bits per heavy atom. The maximum atomic E-state index is 12.1. The molecular formula is C15H29N3O2. The molecule has 0 spiro atoms. The summed E-state index contributed by atoms with van der Waals surface area (Å²) in [4.78, 5) is 14.6. The summed E-state index contributed by atoms with van der Waals surface area (Å²) in [5.41, 5.74) is 5.18. The van der Waals surface area contributed by atoms with Crippen LogP contribution in [0.5, 0.6) is 0 Å². The smallest absolute Gasteiger partial charge is 0.239 e. The van der Waals surface area contributed by atoms with Crippen molar-refractivity contribution >= 4 is 5.91 Å². The third kappa shape index (κ3) is 3.71. The lowest BCUT2D eigenvalue weighted by Crippen LogP contribution is -2.61. The van der Waals surface area contributed by atoms with E-state index in [-0.39, 0.29) is 11.4 Å². The summed E-state index contributed by atoms with van der Waals surface area (Å²) in [6.45, 7) is 7.78. The predicted molar refractivity (Wildman–Crippen MR) is 79.5 cm³/mol. The molecule has 5 nitrogen and oxygen atoms in total. The Morgan fingerprint density at radius 1 is 1.25 bits per heavy atom. The summed E-state index contributed by atoms with van der Waals surface area (Å²) in [5, 5.41) is 3.08. The molecule has 1 amide bonds. The molecule has 0 bridgehead atoms. The van der Waals surface area contributed by atoms with Crippen molar-refractivity contribution in [1.82, 2.24) is 10.2 Å². The minimum atomic E-state index is -0.805. The first-order valence-electron chi connectivity index (χ1n) is 7.84. The summed E-state index contributed by atoms with van der Waals surface area (Å²) in [6.07, 6.45) is 6.14. The molecule has 1 aliphatic carbocycles. The van der Waals surface area contributed by atoms with E-state index in [1.807, 2.05) is 0 Å². The molecule has 2 rings (SSSR count). The van der Waals surface area contributed by atoms with Gasteiger partial charge >= 0.3 is 0 Å². The van der Waals surface area contributed by atoms with Crippen molar-refractivity contribution < 1.29 is 9.53 Å². The molecular weight excluding hydrogens is 254 g/mol. The molecule has 3 N–H and O–H groups in total. The van der Waals surface area contributed by atoms with Crippen LogP contribution in [0.1, 0.15) is 46.0 Å². The summed E-state index contributed by atoms with van der Waals surface area (Å²) < 4.78 is 5.47. The molecule has 0 aromatic rings. The zero-order valence-corrected chi connectivity index (χ0v) is 12.9. The van der Waals surface area contributed by atoms with Gasteiger partial charge in [0, 0.05) is 25.2 Å². The number of carbonyl (C=O) groups excluding carboxylic acids is 1. The number of nitrogens with zero attached hydrogens (tertiary/aromatic N) is 1. The third-order valence-electron chi connectivity index (χ3n) is 4.63. The Hall–Kier alpha value is -0.650. The van der Waals surface area contributed by atoms with Crippen molar-refractivity contribution in [3.8, 4) is 0 Å². The third-order valence-corrected chi connectivity index (χ3v) is 4.63. The van der Waals surface area contributed by atoms with Crippen molar-refractivity contribution in [2.75, 3.05) is 32.8 Å². The van der Waals surface area contributed by atoms with Gasteiger partial charge < -0.3 is 15.8 Å². The van der Waals surface area contributed by atoms with Crippen molar-refractivity contribution in [3.05, 3.63) is 0 Å². The molecule has 5 heteroatoms. The molecule has 116 valence electrons. The van der Waals surface area contributed by atoms with Gasteiger partial charge in [-0.2, -0.15) is 0 Å². The van der Waals surface area contributed by atoms with Gasteiger partial charge in [-0.3, -0.25) is 9.69 Å². The molecule has 0 aromatic carbocycles. The maximum Gasteiger partial charge on any atom is 0.239 e. The van der Waals surface area contributed by atoms with Crippen LogP contribution in [0.15, 0.2) is 0 Å².